The van der Waals surface area contributed by atoms with Gasteiger partial charge in [-0.3, -0.25) is 9.52 Å². The molecule has 2 unspecified atom stereocenters. The number of nitrogens with two attached hydrogens (primary N) is 1. The Labute approximate surface area is 132 Å². The Morgan fingerprint density at radius 2 is 2.18 bits per heavy atom. The van der Waals surface area contributed by atoms with Gasteiger partial charge in [-0.05, 0) is 37.0 Å². The molecule has 1 fully saturated rings. The van der Waals surface area contributed by atoms with Crippen molar-refractivity contribution in [2.24, 2.45) is 5.73 Å². The highest BCUT2D eigenvalue weighted by atomic mass is 32.3. The Kier molecular flexibility index (Phi) is 5.35. The third kappa shape index (κ3) is 4.67. The third-order valence-electron chi connectivity index (χ3n) is 3.52. The summed E-state index contributed by atoms with van der Waals surface area (Å²) in [5.74, 6) is 2.77. The summed E-state index contributed by atoms with van der Waals surface area (Å²) in [6, 6.07) is 6.61. The lowest BCUT2D eigenvalue weighted by Crippen LogP contribution is -2.43. The van der Waals surface area contributed by atoms with E-state index in [2.05, 4.69) is 10.6 Å². The molecule has 1 amide bonds. The van der Waals surface area contributed by atoms with E-state index in [1.807, 2.05) is 12.1 Å². The van der Waals surface area contributed by atoms with Gasteiger partial charge < -0.3 is 15.0 Å². The minimum absolute atomic E-state index is 0.219. The minimum atomic E-state index is -2.06. The SMILES string of the molecule is C#CCOc1ccc(CC(N)C(=O)NS(C)(O)C2CC2)cc1. The zero-order valence-corrected chi connectivity index (χ0v) is 13.4. The van der Waals surface area contributed by atoms with Gasteiger partial charge in [0.15, 0.2) is 0 Å². The van der Waals surface area contributed by atoms with Crippen LogP contribution in [0.3, 0.4) is 0 Å². The van der Waals surface area contributed by atoms with Crippen molar-refractivity contribution in [1.29, 1.82) is 0 Å². The van der Waals surface area contributed by atoms with E-state index < -0.39 is 16.5 Å². The molecule has 2 rings (SSSR count). The summed E-state index contributed by atoms with van der Waals surface area (Å²) >= 11 is 0. The van der Waals surface area contributed by atoms with E-state index in [0.29, 0.717) is 12.2 Å². The van der Waals surface area contributed by atoms with Gasteiger partial charge in [0.2, 0.25) is 5.91 Å². The summed E-state index contributed by atoms with van der Waals surface area (Å²) < 4.78 is 18.2. The largest absolute Gasteiger partial charge is 0.481 e. The maximum Gasteiger partial charge on any atom is 0.247 e. The van der Waals surface area contributed by atoms with E-state index in [1.165, 1.54) is 0 Å². The molecule has 0 radical (unpaired) electrons. The number of nitrogens with one attached hydrogen (secondary N) is 1. The van der Waals surface area contributed by atoms with Crippen LogP contribution in [0, 0.1) is 12.3 Å². The Balaban J connectivity index is 1.86. The molecular weight excluding hydrogens is 300 g/mol. The second kappa shape index (κ2) is 7.05. The lowest BCUT2D eigenvalue weighted by atomic mass is 10.1. The van der Waals surface area contributed by atoms with Crippen molar-refractivity contribution in [2.45, 2.75) is 30.6 Å². The van der Waals surface area contributed by atoms with Crippen LogP contribution in [0.25, 0.3) is 0 Å². The quantitative estimate of drug-likeness (QED) is 0.667. The number of amides is 1. The molecule has 0 aromatic heterocycles. The van der Waals surface area contributed by atoms with Crippen LogP contribution in [0.4, 0.5) is 0 Å². The second-order valence-electron chi connectivity index (χ2n) is 5.55. The molecule has 1 aliphatic rings. The molecule has 22 heavy (non-hydrogen) atoms. The van der Waals surface area contributed by atoms with E-state index in [0.717, 1.165) is 18.4 Å². The van der Waals surface area contributed by atoms with Crippen LogP contribution in [-0.4, -0.2) is 34.6 Å². The first-order chi connectivity index (χ1) is 10.4. The van der Waals surface area contributed by atoms with Crippen LogP contribution in [0.2, 0.25) is 0 Å². The van der Waals surface area contributed by atoms with Gasteiger partial charge in [-0.2, -0.15) is 0 Å². The van der Waals surface area contributed by atoms with E-state index in [9.17, 15) is 9.35 Å². The topological polar surface area (TPSA) is 84.6 Å². The molecule has 4 N–H and O–H groups in total. The zero-order valence-electron chi connectivity index (χ0n) is 12.6. The van der Waals surface area contributed by atoms with E-state index >= 15 is 0 Å². The highest BCUT2D eigenvalue weighted by molar-refractivity contribution is 8.28. The number of carbonyl (C=O) groups is 1. The Bertz CT molecular complexity index is 562. The Morgan fingerprint density at radius 1 is 1.55 bits per heavy atom. The third-order valence-corrected chi connectivity index (χ3v) is 5.90. The first kappa shape index (κ1) is 16.7. The average Bonchev–Trinajstić information content (AvgIpc) is 3.31. The van der Waals surface area contributed by atoms with Crippen molar-refractivity contribution in [3.05, 3.63) is 29.8 Å². The number of rotatable bonds is 7. The van der Waals surface area contributed by atoms with Gasteiger partial charge >= 0.3 is 0 Å². The van der Waals surface area contributed by atoms with Gasteiger partial charge in [-0.25, -0.2) is 0 Å². The standard InChI is InChI=1S/C16H22N2O3S/c1-3-10-21-13-6-4-12(5-7-13)11-15(17)16(19)18-22(2,20)14-8-9-14/h1,4-7,14-15,20H,8-11,17H2,2H3,(H,18,19). The summed E-state index contributed by atoms with van der Waals surface area (Å²) in [5, 5.41) is 0.219. The molecular formula is C16H22N2O3S. The van der Waals surface area contributed by atoms with Gasteiger partial charge in [0.1, 0.15) is 12.4 Å². The van der Waals surface area contributed by atoms with Crippen LogP contribution in [0.1, 0.15) is 18.4 Å². The van der Waals surface area contributed by atoms with Crippen LogP contribution in [-0.2, 0) is 11.2 Å². The van der Waals surface area contributed by atoms with E-state index in [4.69, 9.17) is 16.9 Å². The fourth-order valence-electron chi connectivity index (χ4n) is 2.08. The molecule has 0 aliphatic heterocycles. The molecule has 1 aromatic rings. The van der Waals surface area contributed by atoms with Gasteiger partial charge in [-0.15, -0.1) is 6.42 Å². The molecule has 1 saturated carbocycles. The van der Waals surface area contributed by atoms with Gasteiger partial charge in [0.05, 0.1) is 6.04 Å². The van der Waals surface area contributed by atoms with Crippen molar-refractivity contribution in [3.63, 3.8) is 0 Å². The molecule has 1 aliphatic carbocycles. The summed E-state index contributed by atoms with van der Waals surface area (Å²) in [5.41, 5.74) is 6.86. The molecule has 120 valence electrons. The highest BCUT2D eigenvalue weighted by Crippen LogP contribution is 2.52. The number of benzene rings is 1. The lowest BCUT2D eigenvalue weighted by Gasteiger charge is -2.31. The fraction of sp³-hybridized carbons (Fsp3) is 0.438. The van der Waals surface area contributed by atoms with Crippen LogP contribution in [0.15, 0.2) is 24.3 Å². The molecule has 0 spiro atoms. The van der Waals surface area contributed by atoms with Gasteiger partial charge in [-0.1, -0.05) is 28.5 Å². The first-order valence-electron chi connectivity index (χ1n) is 7.14. The summed E-state index contributed by atoms with van der Waals surface area (Å²) in [4.78, 5) is 12.1. The van der Waals surface area contributed by atoms with Crippen molar-refractivity contribution >= 4 is 16.4 Å². The predicted octanol–water partition coefficient (Wildman–Crippen LogP) is 1.67. The van der Waals surface area contributed by atoms with Crippen molar-refractivity contribution in [3.8, 4) is 18.1 Å². The molecule has 5 nitrogen and oxygen atoms in total. The number of carbonyl (C=O) groups excluding carboxylic acids is 1. The average molecular weight is 322 g/mol. The summed E-state index contributed by atoms with van der Waals surface area (Å²) in [6.45, 7) is 0.223. The van der Waals surface area contributed by atoms with Crippen LogP contribution < -0.4 is 15.2 Å². The van der Waals surface area contributed by atoms with Crippen LogP contribution >= 0.6 is 10.5 Å². The maximum atomic E-state index is 12.1. The normalized spacial score (nSPS) is 19.4. The van der Waals surface area contributed by atoms with Crippen molar-refractivity contribution in [1.82, 2.24) is 4.72 Å². The molecule has 0 saturated heterocycles. The lowest BCUT2D eigenvalue weighted by molar-refractivity contribution is -0.120. The highest BCUT2D eigenvalue weighted by Gasteiger charge is 2.37. The van der Waals surface area contributed by atoms with Crippen molar-refractivity contribution < 1.29 is 14.1 Å². The molecule has 0 bridgehead atoms. The Hall–Kier alpha value is -1.68. The molecule has 6 heteroatoms. The summed E-state index contributed by atoms with van der Waals surface area (Å²) in [7, 11) is -2.06. The first-order valence-corrected chi connectivity index (χ1v) is 9.20. The summed E-state index contributed by atoms with van der Waals surface area (Å²) in [6.07, 6.45) is 9.17. The van der Waals surface area contributed by atoms with E-state index in [-0.39, 0.29) is 17.8 Å². The molecule has 1 aromatic carbocycles. The monoisotopic (exact) mass is 322 g/mol. The number of hydrogen-bond donors (Lipinski definition) is 3. The van der Waals surface area contributed by atoms with Gasteiger partial charge in [0, 0.05) is 11.5 Å². The molecule has 2 atom stereocenters. The smallest absolute Gasteiger partial charge is 0.247 e. The van der Waals surface area contributed by atoms with Crippen molar-refractivity contribution in [2.75, 3.05) is 12.9 Å². The van der Waals surface area contributed by atoms with E-state index in [1.54, 1.807) is 18.4 Å². The maximum absolute atomic E-state index is 12.1. The number of hydrogen-bond acceptors (Lipinski definition) is 4. The fourth-order valence-corrected chi connectivity index (χ4v) is 3.86. The number of ether oxygens (including phenoxy) is 1. The second-order valence-corrected chi connectivity index (χ2v) is 8.29. The number of terminal acetylenes is 1. The zero-order chi connectivity index (χ0) is 16.2. The Morgan fingerprint density at radius 3 is 2.73 bits per heavy atom. The van der Waals surface area contributed by atoms with Crippen LogP contribution in [0.5, 0.6) is 5.75 Å². The minimum Gasteiger partial charge on any atom is -0.481 e. The van der Waals surface area contributed by atoms with Gasteiger partial charge in [0.25, 0.3) is 0 Å². The molecule has 0 heterocycles. The predicted molar refractivity (Wildman–Crippen MR) is 89.8 cm³/mol.